The quantitative estimate of drug-likeness (QED) is 0.735. The summed E-state index contributed by atoms with van der Waals surface area (Å²) in [6.07, 6.45) is 1.26. The summed E-state index contributed by atoms with van der Waals surface area (Å²) < 4.78 is 0. The van der Waals surface area contributed by atoms with Crippen molar-refractivity contribution in [3.63, 3.8) is 0 Å². The largest absolute Gasteiger partial charge is 0.507 e. The van der Waals surface area contributed by atoms with Crippen LogP contribution < -0.4 is 5.32 Å². The van der Waals surface area contributed by atoms with E-state index in [-0.39, 0.29) is 16.9 Å². The number of carboxylic acids is 1. The van der Waals surface area contributed by atoms with E-state index in [9.17, 15) is 14.7 Å². The molecule has 2 rings (SSSR count). The van der Waals surface area contributed by atoms with Crippen molar-refractivity contribution < 1.29 is 19.8 Å². The van der Waals surface area contributed by atoms with E-state index >= 15 is 0 Å². The summed E-state index contributed by atoms with van der Waals surface area (Å²) in [4.78, 5) is 26.6. The van der Waals surface area contributed by atoms with Crippen molar-refractivity contribution >= 4 is 17.6 Å². The van der Waals surface area contributed by atoms with Crippen LogP contribution in [0, 0.1) is 11.3 Å². The number of aromatic nitrogens is 1. The number of rotatable bonds is 3. The number of carbonyl (C=O) groups excluding carboxylic acids is 1. The molecule has 0 aliphatic carbocycles. The van der Waals surface area contributed by atoms with Crippen LogP contribution in [0.1, 0.15) is 26.4 Å². The molecule has 3 N–H and O–H groups in total. The number of carbonyl (C=O) groups is 2. The number of benzene rings is 1. The Morgan fingerprint density at radius 3 is 2.57 bits per heavy atom. The van der Waals surface area contributed by atoms with Gasteiger partial charge in [0.15, 0.2) is 0 Å². The average Bonchev–Trinajstić information content (AvgIpc) is 2.49. The first-order chi connectivity index (χ1) is 10.0. The van der Waals surface area contributed by atoms with Crippen LogP contribution in [0.3, 0.4) is 0 Å². The maximum absolute atomic E-state index is 11.9. The minimum atomic E-state index is -1.31. The molecule has 1 aromatic carbocycles. The number of nitrogens with one attached hydrogen (secondary N) is 1. The van der Waals surface area contributed by atoms with Crippen molar-refractivity contribution in [2.75, 3.05) is 5.32 Å². The molecule has 0 unspecified atom stereocenters. The lowest BCUT2D eigenvalue weighted by Gasteiger charge is -2.06. The van der Waals surface area contributed by atoms with Crippen LogP contribution in [0.4, 0.5) is 5.69 Å². The minimum absolute atomic E-state index is 0.0824. The number of anilines is 1. The summed E-state index contributed by atoms with van der Waals surface area (Å²) in [6, 6.07) is 8.38. The Labute approximate surface area is 119 Å². The summed E-state index contributed by atoms with van der Waals surface area (Å²) in [6.45, 7) is 0. The molecule has 1 heterocycles. The summed E-state index contributed by atoms with van der Waals surface area (Å²) in [5.74, 6) is -2.25. The number of nitrogens with zero attached hydrogens (tertiary/aromatic N) is 2. The predicted molar refractivity (Wildman–Crippen MR) is 72.0 cm³/mol. The van der Waals surface area contributed by atoms with E-state index in [0.29, 0.717) is 5.56 Å². The van der Waals surface area contributed by atoms with E-state index < -0.39 is 17.6 Å². The smallest absolute Gasteiger partial charge is 0.339 e. The Morgan fingerprint density at radius 2 is 2.00 bits per heavy atom. The summed E-state index contributed by atoms with van der Waals surface area (Å²) in [5, 5.41) is 29.4. The number of pyridine rings is 1. The van der Waals surface area contributed by atoms with Crippen molar-refractivity contribution in [3.05, 3.63) is 53.3 Å². The molecule has 0 aliphatic heterocycles. The maximum atomic E-state index is 11.9. The molecule has 0 saturated carbocycles. The van der Waals surface area contributed by atoms with Gasteiger partial charge in [0.1, 0.15) is 23.1 Å². The molecule has 21 heavy (non-hydrogen) atoms. The van der Waals surface area contributed by atoms with Gasteiger partial charge in [0.05, 0.1) is 5.56 Å². The first-order valence-electron chi connectivity index (χ1n) is 5.75. The number of hydrogen-bond acceptors (Lipinski definition) is 5. The molecular formula is C14H9N3O4. The third-order valence-corrected chi connectivity index (χ3v) is 2.61. The first-order valence-corrected chi connectivity index (χ1v) is 5.75. The van der Waals surface area contributed by atoms with E-state index in [1.54, 1.807) is 0 Å². The van der Waals surface area contributed by atoms with Crippen molar-refractivity contribution in [3.8, 4) is 11.8 Å². The van der Waals surface area contributed by atoms with Crippen LogP contribution in [0.25, 0.3) is 0 Å². The Balaban J connectivity index is 2.21. The van der Waals surface area contributed by atoms with E-state index in [2.05, 4.69) is 10.3 Å². The molecule has 0 radical (unpaired) electrons. The van der Waals surface area contributed by atoms with Crippen LogP contribution in [0.5, 0.6) is 5.75 Å². The number of nitriles is 1. The Hall–Kier alpha value is -3.40. The van der Waals surface area contributed by atoms with Crippen LogP contribution in [-0.4, -0.2) is 27.1 Å². The zero-order valence-corrected chi connectivity index (χ0v) is 10.6. The maximum Gasteiger partial charge on any atom is 0.339 e. The summed E-state index contributed by atoms with van der Waals surface area (Å²) in [5.41, 5.74) is 0.297. The van der Waals surface area contributed by atoms with Crippen molar-refractivity contribution in [1.29, 1.82) is 5.26 Å². The van der Waals surface area contributed by atoms with Gasteiger partial charge in [-0.1, -0.05) is 0 Å². The van der Waals surface area contributed by atoms with Crippen molar-refractivity contribution in [1.82, 2.24) is 4.98 Å². The molecule has 7 nitrogen and oxygen atoms in total. The number of aromatic hydroxyl groups is 1. The summed E-state index contributed by atoms with van der Waals surface area (Å²) >= 11 is 0. The number of amides is 1. The fraction of sp³-hybridized carbons (Fsp3) is 0. The average molecular weight is 283 g/mol. The van der Waals surface area contributed by atoms with E-state index in [1.165, 1.54) is 30.5 Å². The minimum Gasteiger partial charge on any atom is -0.507 e. The van der Waals surface area contributed by atoms with E-state index in [4.69, 9.17) is 10.4 Å². The molecule has 0 fully saturated rings. The standard InChI is InChI=1S/C14H9N3O4/c15-6-8-1-3-11(16-7-8)13(19)17-9-2-4-12(18)10(5-9)14(20)21/h1-5,7,18H,(H,17,19)(H,20,21). The van der Waals surface area contributed by atoms with Gasteiger partial charge in [-0.3, -0.25) is 4.79 Å². The van der Waals surface area contributed by atoms with Gasteiger partial charge in [0, 0.05) is 11.9 Å². The fourth-order valence-corrected chi connectivity index (χ4v) is 1.57. The first kappa shape index (κ1) is 14.0. The Kier molecular flexibility index (Phi) is 3.81. The highest BCUT2D eigenvalue weighted by Crippen LogP contribution is 2.21. The SMILES string of the molecule is N#Cc1ccc(C(=O)Nc2ccc(O)c(C(=O)O)c2)nc1. The lowest BCUT2D eigenvalue weighted by atomic mass is 10.1. The lowest BCUT2D eigenvalue weighted by Crippen LogP contribution is -2.14. The normalized spacial score (nSPS) is 9.67. The molecule has 7 heteroatoms. The third-order valence-electron chi connectivity index (χ3n) is 2.61. The zero-order chi connectivity index (χ0) is 15.4. The highest BCUT2D eigenvalue weighted by Gasteiger charge is 2.13. The van der Waals surface area contributed by atoms with Gasteiger partial charge in [-0.05, 0) is 30.3 Å². The molecular weight excluding hydrogens is 274 g/mol. The van der Waals surface area contributed by atoms with Crippen LogP contribution in [0.2, 0.25) is 0 Å². The second-order valence-corrected chi connectivity index (χ2v) is 4.04. The van der Waals surface area contributed by atoms with Crippen LogP contribution in [-0.2, 0) is 0 Å². The van der Waals surface area contributed by atoms with Crippen molar-refractivity contribution in [2.24, 2.45) is 0 Å². The molecule has 0 spiro atoms. The molecule has 2 aromatic rings. The van der Waals surface area contributed by atoms with Gasteiger partial charge >= 0.3 is 5.97 Å². The lowest BCUT2D eigenvalue weighted by molar-refractivity contribution is 0.0693. The predicted octanol–water partition coefficient (Wildman–Crippen LogP) is 1.61. The van der Waals surface area contributed by atoms with Gasteiger partial charge in [-0.2, -0.15) is 5.26 Å². The number of carboxylic acid groups (broad SMARTS) is 1. The Morgan fingerprint density at radius 1 is 1.24 bits per heavy atom. The second-order valence-electron chi connectivity index (χ2n) is 4.04. The molecule has 1 aromatic heterocycles. The van der Waals surface area contributed by atoms with Gasteiger partial charge in [0.2, 0.25) is 0 Å². The number of phenols is 1. The summed E-state index contributed by atoms with van der Waals surface area (Å²) in [7, 11) is 0. The zero-order valence-electron chi connectivity index (χ0n) is 10.6. The number of aromatic carboxylic acids is 1. The monoisotopic (exact) mass is 283 g/mol. The van der Waals surface area contributed by atoms with Gasteiger partial charge < -0.3 is 15.5 Å². The Bertz CT molecular complexity index is 748. The van der Waals surface area contributed by atoms with E-state index in [1.807, 2.05) is 6.07 Å². The molecule has 0 bridgehead atoms. The van der Waals surface area contributed by atoms with Crippen LogP contribution >= 0.6 is 0 Å². The topological polar surface area (TPSA) is 123 Å². The van der Waals surface area contributed by atoms with Gasteiger partial charge in [-0.15, -0.1) is 0 Å². The molecule has 0 aliphatic rings. The van der Waals surface area contributed by atoms with Gasteiger partial charge in [-0.25, -0.2) is 9.78 Å². The molecule has 1 amide bonds. The molecule has 0 atom stereocenters. The number of hydrogen-bond donors (Lipinski definition) is 3. The molecule has 0 saturated heterocycles. The molecule has 104 valence electrons. The van der Waals surface area contributed by atoms with Gasteiger partial charge in [0.25, 0.3) is 5.91 Å². The van der Waals surface area contributed by atoms with Crippen molar-refractivity contribution in [2.45, 2.75) is 0 Å². The second kappa shape index (κ2) is 5.71. The highest BCUT2D eigenvalue weighted by atomic mass is 16.4. The van der Waals surface area contributed by atoms with Crippen LogP contribution in [0.15, 0.2) is 36.5 Å². The highest BCUT2D eigenvalue weighted by molar-refractivity contribution is 6.03. The third kappa shape index (κ3) is 3.13. The van der Waals surface area contributed by atoms with E-state index in [0.717, 1.165) is 6.07 Å². The fourth-order valence-electron chi connectivity index (χ4n) is 1.57.